The van der Waals surface area contributed by atoms with Gasteiger partial charge in [-0.25, -0.2) is 4.98 Å². The number of primary amides is 1. The van der Waals surface area contributed by atoms with Crippen molar-refractivity contribution >= 4 is 34.6 Å². The number of benzene rings is 1. The van der Waals surface area contributed by atoms with Gasteiger partial charge in [-0.2, -0.15) is 0 Å². The summed E-state index contributed by atoms with van der Waals surface area (Å²) in [6, 6.07) is 11.5. The Kier molecular flexibility index (Phi) is 6.83. The Labute approximate surface area is 198 Å². The molecule has 0 aliphatic heterocycles. The molecular formula is C25H29N5O2S. The van der Waals surface area contributed by atoms with Crippen LogP contribution in [0, 0.1) is 0 Å². The molecule has 33 heavy (non-hydrogen) atoms. The summed E-state index contributed by atoms with van der Waals surface area (Å²) in [7, 11) is 1.90. The molecule has 3 aromatic rings. The van der Waals surface area contributed by atoms with E-state index < -0.39 is 5.91 Å². The quantitative estimate of drug-likeness (QED) is 0.547. The molecule has 2 atom stereocenters. The predicted octanol–water partition coefficient (Wildman–Crippen LogP) is 4.41. The molecule has 2 heterocycles. The van der Waals surface area contributed by atoms with Gasteiger partial charge in [-0.15, -0.1) is 11.8 Å². The van der Waals surface area contributed by atoms with Crippen LogP contribution in [0.2, 0.25) is 0 Å². The minimum Gasteiger partial charge on any atom is -0.366 e. The van der Waals surface area contributed by atoms with Crippen LogP contribution in [-0.2, 0) is 4.79 Å². The first kappa shape index (κ1) is 23.0. The standard InChI is InChI=1S/C25H29N5O2S/c1-4-22(33-3)25(32)29(2)17-8-7-9-18(15-17)30-21-12-11-16(23(26)31)14-20(21)28-24(30)19-10-5-6-13-27-19/h4-6,10-14,17-18H,7-9,15H2,1-3H3,(H2,26,31)/b22-4-. The summed E-state index contributed by atoms with van der Waals surface area (Å²) in [5, 5.41) is 0. The van der Waals surface area contributed by atoms with Crippen molar-refractivity contribution in [2.24, 2.45) is 5.73 Å². The van der Waals surface area contributed by atoms with Crippen molar-refractivity contribution in [1.82, 2.24) is 19.4 Å². The van der Waals surface area contributed by atoms with E-state index in [-0.39, 0.29) is 18.0 Å². The molecule has 8 heteroatoms. The van der Waals surface area contributed by atoms with Gasteiger partial charge in [-0.05, 0) is 69.2 Å². The first-order valence-corrected chi connectivity index (χ1v) is 12.4. The lowest BCUT2D eigenvalue weighted by atomic mass is 9.89. The third-order valence-electron chi connectivity index (χ3n) is 6.41. The lowest BCUT2D eigenvalue weighted by Crippen LogP contribution is -2.41. The molecule has 2 amide bonds. The smallest absolute Gasteiger partial charge is 0.259 e. The summed E-state index contributed by atoms with van der Waals surface area (Å²) in [6.07, 6.45) is 9.37. The molecular weight excluding hydrogens is 434 g/mol. The van der Waals surface area contributed by atoms with E-state index in [1.165, 1.54) is 11.8 Å². The lowest BCUT2D eigenvalue weighted by Gasteiger charge is -2.36. The molecule has 0 saturated heterocycles. The number of amides is 2. The Balaban J connectivity index is 1.75. The molecule has 172 valence electrons. The zero-order valence-electron chi connectivity index (χ0n) is 19.2. The van der Waals surface area contributed by atoms with Crippen LogP contribution in [0.25, 0.3) is 22.6 Å². The number of hydrogen-bond donors (Lipinski definition) is 1. The normalized spacial score (nSPS) is 18.9. The fraction of sp³-hybridized carbons (Fsp3) is 0.360. The number of pyridine rings is 1. The van der Waals surface area contributed by atoms with Crippen molar-refractivity contribution in [2.45, 2.75) is 44.7 Å². The third-order valence-corrected chi connectivity index (χ3v) is 7.26. The van der Waals surface area contributed by atoms with Crippen LogP contribution in [0.1, 0.15) is 49.0 Å². The Morgan fingerprint density at radius 1 is 1.24 bits per heavy atom. The second-order valence-corrected chi connectivity index (χ2v) is 9.18. The predicted molar refractivity (Wildman–Crippen MR) is 133 cm³/mol. The fourth-order valence-electron chi connectivity index (χ4n) is 4.69. The molecule has 2 N–H and O–H groups in total. The fourth-order valence-corrected chi connectivity index (χ4v) is 5.25. The number of nitrogens with two attached hydrogens (primary N) is 1. The number of aromatic nitrogens is 3. The summed E-state index contributed by atoms with van der Waals surface area (Å²) in [4.78, 5) is 36.7. The van der Waals surface area contributed by atoms with E-state index in [9.17, 15) is 9.59 Å². The van der Waals surface area contributed by atoms with Gasteiger partial charge in [0.05, 0.1) is 15.9 Å². The van der Waals surface area contributed by atoms with Gasteiger partial charge in [0, 0.05) is 30.9 Å². The molecule has 0 radical (unpaired) electrons. The van der Waals surface area contributed by atoms with E-state index >= 15 is 0 Å². The Hall–Kier alpha value is -3.13. The number of nitrogens with zero attached hydrogens (tertiary/aromatic N) is 4. The number of fused-ring (bicyclic) bond motifs is 1. The van der Waals surface area contributed by atoms with E-state index in [0.717, 1.165) is 53.1 Å². The summed E-state index contributed by atoms with van der Waals surface area (Å²) in [5.41, 5.74) is 8.37. The number of imidazole rings is 1. The summed E-state index contributed by atoms with van der Waals surface area (Å²) >= 11 is 1.48. The van der Waals surface area contributed by atoms with E-state index in [1.807, 2.05) is 55.5 Å². The van der Waals surface area contributed by atoms with E-state index in [0.29, 0.717) is 5.56 Å². The highest BCUT2D eigenvalue weighted by Crippen LogP contribution is 2.37. The minimum absolute atomic E-state index is 0.0715. The van der Waals surface area contributed by atoms with Gasteiger partial charge in [0.2, 0.25) is 5.91 Å². The zero-order valence-corrected chi connectivity index (χ0v) is 20.0. The molecule has 1 aliphatic carbocycles. The van der Waals surface area contributed by atoms with Crippen LogP contribution in [0.5, 0.6) is 0 Å². The van der Waals surface area contributed by atoms with Gasteiger partial charge in [0.25, 0.3) is 5.91 Å². The van der Waals surface area contributed by atoms with Crippen molar-refractivity contribution in [3.8, 4) is 11.5 Å². The molecule has 1 aliphatic rings. The number of hydrogen-bond acceptors (Lipinski definition) is 5. The Morgan fingerprint density at radius 3 is 2.73 bits per heavy atom. The monoisotopic (exact) mass is 463 g/mol. The molecule has 7 nitrogen and oxygen atoms in total. The largest absolute Gasteiger partial charge is 0.366 e. The van der Waals surface area contributed by atoms with E-state index in [4.69, 9.17) is 10.7 Å². The van der Waals surface area contributed by atoms with Crippen LogP contribution in [-0.4, -0.2) is 50.6 Å². The summed E-state index contributed by atoms with van der Waals surface area (Å²) in [5.74, 6) is 0.365. The number of rotatable bonds is 6. The lowest BCUT2D eigenvalue weighted by molar-refractivity contribution is -0.127. The minimum atomic E-state index is -0.475. The SMILES string of the molecule is C/C=C(\SC)C(=O)N(C)C1CCCC(n2c(-c3ccccn3)nc3cc(C(N)=O)ccc32)C1. The first-order chi connectivity index (χ1) is 15.9. The van der Waals surface area contributed by atoms with Crippen molar-refractivity contribution in [3.63, 3.8) is 0 Å². The van der Waals surface area contributed by atoms with Crippen LogP contribution < -0.4 is 5.73 Å². The zero-order chi connectivity index (χ0) is 23.5. The highest BCUT2D eigenvalue weighted by Gasteiger charge is 2.31. The van der Waals surface area contributed by atoms with Crippen molar-refractivity contribution in [2.75, 3.05) is 13.3 Å². The van der Waals surface area contributed by atoms with Crippen LogP contribution in [0.4, 0.5) is 0 Å². The van der Waals surface area contributed by atoms with Gasteiger partial charge in [0.15, 0.2) is 5.82 Å². The maximum Gasteiger partial charge on any atom is 0.259 e. The van der Waals surface area contributed by atoms with Crippen molar-refractivity contribution in [1.29, 1.82) is 0 Å². The first-order valence-electron chi connectivity index (χ1n) is 11.1. The van der Waals surface area contributed by atoms with E-state index in [1.54, 1.807) is 18.3 Å². The van der Waals surface area contributed by atoms with Crippen molar-refractivity contribution < 1.29 is 9.59 Å². The molecule has 0 bridgehead atoms. The highest BCUT2D eigenvalue weighted by atomic mass is 32.2. The highest BCUT2D eigenvalue weighted by molar-refractivity contribution is 8.03. The molecule has 1 saturated carbocycles. The van der Waals surface area contributed by atoms with Gasteiger partial charge in [-0.3, -0.25) is 14.6 Å². The average Bonchev–Trinajstić information content (AvgIpc) is 3.23. The number of carbonyl (C=O) groups excluding carboxylic acids is 2. The van der Waals surface area contributed by atoms with Crippen LogP contribution in [0.15, 0.2) is 53.6 Å². The summed E-state index contributed by atoms with van der Waals surface area (Å²) < 4.78 is 2.23. The number of allylic oxidation sites excluding steroid dienone is 1. The third kappa shape index (κ3) is 4.53. The van der Waals surface area contributed by atoms with Gasteiger partial charge < -0.3 is 15.2 Å². The summed E-state index contributed by atoms with van der Waals surface area (Å²) in [6.45, 7) is 1.90. The van der Waals surface area contributed by atoms with Gasteiger partial charge >= 0.3 is 0 Å². The maximum absolute atomic E-state index is 13.0. The Morgan fingerprint density at radius 2 is 2.06 bits per heavy atom. The molecule has 2 aromatic heterocycles. The second kappa shape index (κ2) is 9.79. The number of likely N-dealkylation sites (N-methyl/N-ethyl adjacent to an activating group) is 1. The van der Waals surface area contributed by atoms with Crippen LogP contribution >= 0.6 is 11.8 Å². The topological polar surface area (TPSA) is 94.1 Å². The molecule has 0 spiro atoms. The Bertz CT molecular complexity index is 1200. The average molecular weight is 464 g/mol. The second-order valence-electron chi connectivity index (χ2n) is 8.34. The number of carbonyl (C=O) groups is 2. The maximum atomic E-state index is 13.0. The van der Waals surface area contributed by atoms with E-state index in [2.05, 4.69) is 9.55 Å². The molecule has 2 unspecified atom stereocenters. The van der Waals surface area contributed by atoms with Crippen molar-refractivity contribution in [3.05, 3.63) is 59.1 Å². The van der Waals surface area contributed by atoms with Gasteiger partial charge in [0.1, 0.15) is 5.69 Å². The molecule has 1 fully saturated rings. The van der Waals surface area contributed by atoms with Crippen LogP contribution in [0.3, 0.4) is 0 Å². The number of thioether (sulfide) groups is 1. The van der Waals surface area contributed by atoms with Gasteiger partial charge in [-0.1, -0.05) is 12.1 Å². The molecule has 4 rings (SSSR count). The molecule has 1 aromatic carbocycles.